The maximum atomic E-state index is 13.9. The van der Waals surface area contributed by atoms with Crippen LogP contribution in [-0.4, -0.2) is 16.7 Å². The predicted octanol–water partition coefficient (Wildman–Crippen LogP) is 11.0. The van der Waals surface area contributed by atoms with E-state index in [1.165, 1.54) is 10.4 Å². The highest BCUT2D eigenvalue weighted by Gasteiger charge is 2.26. The maximum absolute atomic E-state index is 13.9. The molecule has 1 aliphatic rings. The molecule has 4 aromatic carbocycles. The van der Waals surface area contributed by atoms with E-state index >= 15 is 0 Å². The first kappa shape index (κ1) is 30.0. The van der Waals surface area contributed by atoms with E-state index in [4.69, 9.17) is 16.6 Å². The number of nitrogens with zero attached hydrogens (tertiary/aromatic N) is 2. The Morgan fingerprint density at radius 3 is 2.24 bits per heavy atom. The van der Waals surface area contributed by atoms with Crippen molar-refractivity contribution in [2.75, 3.05) is 5.32 Å². The molecule has 228 valence electrons. The average molecular weight is 640 g/mol. The highest BCUT2D eigenvalue weighted by molar-refractivity contribution is 7.16. The fourth-order valence-electron chi connectivity index (χ4n) is 6.22. The molecule has 1 amide bonds. The van der Waals surface area contributed by atoms with Crippen LogP contribution in [0.2, 0.25) is 5.02 Å². The van der Waals surface area contributed by atoms with Crippen LogP contribution in [0.3, 0.4) is 0 Å². The van der Waals surface area contributed by atoms with Gasteiger partial charge in [-0.1, -0.05) is 78.3 Å². The number of hydrogen-bond donors (Lipinski definition) is 1. The molecule has 0 unspecified atom stereocenters. The summed E-state index contributed by atoms with van der Waals surface area (Å²) in [5.41, 5.74) is 11.2. The third-order valence-electron chi connectivity index (χ3n) is 8.70. The van der Waals surface area contributed by atoms with E-state index in [1.807, 2.05) is 60.8 Å². The molecule has 0 aliphatic heterocycles. The molecule has 7 rings (SSSR count). The summed E-state index contributed by atoms with van der Waals surface area (Å²) in [5.74, 6) is -0.0956. The monoisotopic (exact) mass is 639 g/mol. The van der Waals surface area contributed by atoms with Crippen molar-refractivity contribution in [2.45, 2.75) is 39.5 Å². The van der Waals surface area contributed by atoms with Gasteiger partial charge in [-0.25, -0.2) is 4.99 Å². The summed E-state index contributed by atoms with van der Waals surface area (Å²) in [4.78, 5) is 20.3. The Morgan fingerprint density at radius 1 is 0.826 bits per heavy atom. The molecule has 6 heteroatoms. The highest BCUT2D eigenvalue weighted by atomic mass is 35.5. The smallest absolute Gasteiger partial charge is 0.259 e. The van der Waals surface area contributed by atoms with Gasteiger partial charge in [0.15, 0.2) is 0 Å². The average Bonchev–Trinajstić information content (AvgIpc) is 3.65. The summed E-state index contributed by atoms with van der Waals surface area (Å²) in [6, 6.07) is 37.0. The van der Waals surface area contributed by atoms with Crippen molar-refractivity contribution in [3.05, 3.63) is 147 Å². The van der Waals surface area contributed by atoms with E-state index in [0.717, 1.165) is 81.3 Å². The minimum atomic E-state index is -0.0956. The van der Waals surface area contributed by atoms with E-state index in [0.29, 0.717) is 10.6 Å². The number of thiophene rings is 1. The quantitative estimate of drug-likeness (QED) is 0.174. The zero-order chi connectivity index (χ0) is 31.6. The lowest BCUT2D eigenvalue weighted by atomic mass is 9.95. The van der Waals surface area contributed by atoms with Gasteiger partial charge in [0, 0.05) is 33.1 Å². The van der Waals surface area contributed by atoms with Gasteiger partial charge in [-0.3, -0.25) is 4.79 Å². The number of halogens is 1. The standard InChI is InChI=1S/C40H34ClN3OS/c1-26-17-20-32(23-27(26)2)43-39(45)37-34-15-9-10-16-36(34)46-40(37)42-25-30-24-35(28-11-5-3-6-12-28)44(33-21-18-31(41)19-22-33)38(30)29-13-7-4-8-14-29/h3-8,11-14,17-25H,9-10,15-16H2,1-2H3,(H,43,45). The van der Waals surface area contributed by atoms with Crippen molar-refractivity contribution < 1.29 is 4.79 Å². The SMILES string of the molecule is Cc1ccc(NC(=O)c2c(N=Cc3cc(-c4ccccc4)n(-c4ccc(Cl)cc4)c3-c3ccccc3)sc3c2CCCC3)cc1C. The number of fused-ring (bicyclic) bond motifs is 1. The van der Waals surface area contributed by atoms with Crippen LogP contribution in [0.4, 0.5) is 10.7 Å². The van der Waals surface area contributed by atoms with E-state index in [9.17, 15) is 4.79 Å². The lowest BCUT2D eigenvalue weighted by Gasteiger charge is -2.15. The number of nitrogens with one attached hydrogen (secondary N) is 1. The first-order chi connectivity index (χ1) is 22.5. The van der Waals surface area contributed by atoms with Crippen LogP contribution in [0.5, 0.6) is 0 Å². The van der Waals surface area contributed by atoms with Crippen molar-refractivity contribution in [2.24, 2.45) is 4.99 Å². The second-order valence-corrected chi connectivity index (χ2v) is 13.3. The number of benzene rings is 4. The predicted molar refractivity (Wildman–Crippen MR) is 194 cm³/mol. The number of amides is 1. The first-order valence-corrected chi connectivity index (χ1v) is 16.9. The molecule has 46 heavy (non-hydrogen) atoms. The number of carbonyl (C=O) groups excluding carboxylic acids is 1. The number of carbonyl (C=O) groups is 1. The summed E-state index contributed by atoms with van der Waals surface area (Å²) in [6.07, 6.45) is 6.04. The molecule has 0 saturated heterocycles. The Hall–Kier alpha value is -4.71. The molecule has 0 fully saturated rings. The Kier molecular flexibility index (Phi) is 8.44. The van der Waals surface area contributed by atoms with Crippen molar-refractivity contribution >= 4 is 45.7 Å². The van der Waals surface area contributed by atoms with Gasteiger partial charge >= 0.3 is 0 Å². The molecule has 0 bridgehead atoms. The van der Waals surface area contributed by atoms with Gasteiger partial charge in [0.1, 0.15) is 5.00 Å². The molecule has 2 aromatic heterocycles. The fraction of sp³-hybridized carbons (Fsp3) is 0.150. The van der Waals surface area contributed by atoms with Crippen molar-refractivity contribution in [3.8, 4) is 28.2 Å². The fourth-order valence-corrected chi connectivity index (χ4v) is 7.57. The van der Waals surface area contributed by atoms with Crippen molar-refractivity contribution in [1.82, 2.24) is 4.57 Å². The van der Waals surface area contributed by atoms with Gasteiger partial charge in [-0.05, 0) is 110 Å². The van der Waals surface area contributed by atoms with Gasteiger partial charge < -0.3 is 9.88 Å². The van der Waals surface area contributed by atoms with Crippen molar-refractivity contribution in [1.29, 1.82) is 0 Å². The van der Waals surface area contributed by atoms with Gasteiger partial charge in [-0.2, -0.15) is 0 Å². The number of aryl methyl sites for hydroxylation is 3. The molecule has 6 aromatic rings. The Bertz CT molecular complexity index is 2060. The summed E-state index contributed by atoms with van der Waals surface area (Å²) < 4.78 is 2.27. The zero-order valence-electron chi connectivity index (χ0n) is 25.9. The van der Waals surface area contributed by atoms with Crippen LogP contribution < -0.4 is 5.32 Å². The van der Waals surface area contributed by atoms with E-state index in [2.05, 4.69) is 78.3 Å². The summed E-state index contributed by atoms with van der Waals surface area (Å²) in [5, 5.41) is 4.62. The van der Waals surface area contributed by atoms with Crippen LogP contribution in [0, 0.1) is 13.8 Å². The molecule has 0 spiro atoms. The van der Waals surface area contributed by atoms with Gasteiger partial charge in [0.05, 0.1) is 17.0 Å². The third-order valence-corrected chi connectivity index (χ3v) is 10.1. The van der Waals surface area contributed by atoms with E-state index in [1.54, 1.807) is 11.3 Å². The van der Waals surface area contributed by atoms with Crippen LogP contribution in [0.25, 0.3) is 28.2 Å². The van der Waals surface area contributed by atoms with Crippen LogP contribution in [0.1, 0.15) is 50.3 Å². The molecular formula is C40H34ClN3OS. The normalized spacial score (nSPS) is 12.8. The summed E-state index contributed by atoms with van der Waals surface area (Å²) in [7, 11) is 0. The molecule has 0 atom stereocenters. The number of aliphatic imine (C=N–C) groups is 1. The number of hydrogen-bond acceptors (Lipinski definition) is 3. The molecule has 4 nitrogen and oxygen atoms in total. The second kappa shape index (κ2) is 13.0. The minimum Gasteiger partial charge on any atom is -0.322 e. The highest BCUT2D eigenvalue weighted by Crippen LogP contribution is 2.41. The van der Waals surface area contributed by atoms with Gasteiger partial charge in [0.25, 0.3) is 5.91 Å². The second-order valence-electron chi connectivity index (χ2n) is 11.8. The Morgan fingerprint density at radius 2 is 1.52 bits per heavy atom. The molecule has 0 saturated carbocycles. The minimum absolute atomic E-state index is 0.0956. The molecule has 0 radical (unpaired) electrons. The topological polar surface area (TPSA) is 46.4 Å². The van der Waals surface area contributed by atoms with Gasteiger partial charge in [0.2, 0.25) is 0 Å². The van der Waals surface area contributed by atoms with Crippen molar-refractivity contribution in [3.63, 3.8) is 0 Å². The number of rotatable bonds is 7. The molecular weight excluding hydrogens is 606 g/mol. The summed E-state index contributed by atoms with van der Waals surface area (Å²) in [6.45, 7) is 4.15. The molecule has 1 N–H and O–H groups in total. The van der Waals surface area contributed by atoms with Gasteiger partial charge in [-0.15, -0.1) is 11.3 Å². The summed E-state index contributed by atoms with van der Waals surface area (Å²) >= 11 is 7.98. The number of aromatic nitrogens is 1. The van der Waals surface area contributed by atoms with E-state index < -0.39 is 0 Å². The third kappa shape index (κ3) is 5.96. The zero-order valence-corrected chi connectivity index (χ0v) is 27.5. The number of anilines is 1. The Labute approximate surface area is 279 Å². The lowest BCUT2D eigenvalue weighted by molar-refractivity contribution is 0.102. The largest absolute Gasteiger partial charge is 0.322 e. The first-order valence-electron chi connectivity index (χ1n) is 15.7. The van der Waals surface area contributed by atoms with Crippen LogP contribution >= 0.6 is 22.9 Å². The lowest BCUT2D eigenvalue weighted by Crippen LogP contribution is -2.15. The Balaban J connectivity index is 1.37. The van der Waals surface area contributed by atoms with Crippen LogP contribution in [-0.2, 0) is 12.8 Å². The van der Waals surface area contributed by atoms with Crippen LogP contribution in [0.15, 0.2) is 114 Å². The molecule has 2 heterocycles. The van der Waals surface area contributed by atoms with E-state index in [-0.39, 0.29) is 5.91 Å². The molecule has 1 aliphatic carbocycles. The maximum Gasteiger partial charge on any atom is 0.259 e.